The first kappa shape index (κ1) is 14.3. The fraction of sp³-hybridized carbons (Fsp3) is 0.462. The van der Waals surface area contributed by atoms with Gasteiger partial charge in [0.25, 0.3) is 5.91 Å². The van der Waals surface area contributed by atoms with Gasteiger partial charge in [-0.25, -0.2) is 0 Å². The normalized spacial score (nSPS) is 10.1. The highest BCUT2D eigenvalue weighted by molar-refractivity contribution is 5.77. The number of nitrogens with two attached hydrogens (primary N) is 1. The number of nitrogen functional groups attached to an aromatic ring is 1. The van der Waals surface area contributed by atoms with Crippen LogP contribution in [0, 0.1) is 0 Å². The molecule has 0 radical (unpaired) electrons. The summed E-state index contributed by atoms with van der Waals surface area (Å²) in [5, 5.41) is 8.75. The molecule has 0 atom stereocenters. The third kappa shape index (κ3) is 4.63. The standard InChI is InChI=1S/C13H20N2O3/c1-2-15(7-4-8-16)13(17)10-18-12-6-3-5-11(14)9-12/h3,5-6,9,16H,2,4,7-8,10,14H2,1H3. The number of aliphatic hydroxyl groups excluding tert-OH is 1. The van der Waals surface area contributed by atoms with Crippen molar-refractivity contribution in [2.45, 2.75) is 13.3 Å². The molecule has 1 aromatic rings. The third-order valence-electron chi connectivity index (χ3n) is 2.54. The van der Waals surface area contributed by atoms with Crippen molar-refractivity contribution in [2.75, 3.05) is 32.0 Å². The average Bonchev–Trinajstić information content (AvgIpc) is 2.37. The Morgan fingerprint density at radius 1 is 1.50 bits per heavy atom. The molecule has 0 unspecified atom stereocenters. The average molecular weight is 252 g/mol. The summed E-state index contributed by atoms with van der Waals surface area (Å²) in [7, 11) is 0. The topological polar surface area (TPSA) is 75.8 Å². The molecule has 0 spiro atoms. The Morgan fingerprint density at radius 3 is 2.89 bits per heavy atom. The van der Waals surface area contributed by atoms with Crippen LogP contribution in [0.15, 0.2) is 24.3 Å². The second kappa shape index (κ2) is 7.55. The molecule has 100 valence electrons. The van der Waals surface area contributed by atoms with Crippen LogP contribution in [-0.4, -0.2) is 42.2 Å². The molecule has 18 heavy (non-hydrogen) atoms. The van der Waals surface area contributed by atoms with E-state index in [2.05, 4.69) is 0 Å². The second-order valence-corrected chi connectivity index (χ2v) is 3.91. The Labute approximate surface area is 107 Å². The number of hydrogen-bond donors (Lipinski definition) is 2. The molecule has 0 aromatic heterocycles. The van der Waals surface area contributed by atoms with E-state index >= 15 is 0 Å². The number of nitrogens with zero attached hydrogens (tertiary/aromatic N) is 1. The fourth-order valence-corrected chi connectivity index (χ4v) is 1.56. The zero-order valence-corrected chi connectivity index (χ0v) is 10.6. The molecule has 0 bridgehead atoms. The Balaban J connectivity index is 2.44. The summed E-state index contributed by atoms with van der Waals surface area (Å²) in [6, 6.07) is 6.97. The van der Waals surface area contributed by atoms with E-state index in [-0.39, 0.29) is 19.1 Å². The second-order valence-electron chi connectivity index (χ2n) is 3.91. The Morgan fingerprint density at radius 2 is 2.28 bits per heavy atom. The van der Waals surface area contributed by atoms with Gasteiger partial charge in [0.1, 0.15) is 5.75 Å². The fourth-order valence-electron chi connectivity index (χ4n) is 1.56. The lowest BCUT2D eigenvalue weighted by molar-refractivity contribution is -0.133. The molecule has 1 amide bonds. The molecule has 0 aliphatic heterocycles. The molecule has 3 N–H and O–H groups in total. The summed E-state index contributed by atoms with van der Waals surface area (Å²) in [4.78, 5) is 13.5. The van der Waals surface area contributed by atoms with E-state index in [1.165, 1.54) is 0 Å². The van der Waals surface area contributed by atoms with Gasteiger partial charge in [-0.3, -0.25) is 4.79 Å². The molecule has 0 aliphatic carbocycles. The van der Waals surface area contributed by atoms with E-state index in [4.69, 9.17) is 15.6 Å². The van der Waals surface area contributed by atoms with Crippen LogP contribution in [0.25, 0.3) is 0 Å². The van der Waals surface area contributed by atoms with E-state index in [1.54, 1.807) is 29.2 Å². The van der Waals surface area contributed by atoms with Crippen LogP contribution in [0.2, 0.25) is 0 Å². The van der Waals surface area contributed by atoms with Crippen LogP contribution in [0.5, 0.6) is 5.75 Å². The maximum absolute atomic E-state index is 11.8. The van der Waals surface area contributed by atoms with Crippen LogP contribution >= 0.6 is 0 Å². The molecule has 0 fully saturated rings. The van der Waals surface area contributed by atoms with Gasteiger partial charge in [-0.1, -0.05) is 6.07 Å². The summed E-state index contributed by atoms with van der Waals surface area (Å²) >= 11 is 0. The molecule has 0 saturated carbocycles. The van der Waals surface area contributed by atoms with Crippen LogP contribution in [0.3, 0.4) is 0 Å². The number of ether oxygens (including phenoxy) is 1. The van der Waals surface area contributed by atoms with Gasteiger partial charge < -0.3 is 20.5 Å². The first-order valence-electron chi connectivity index (χ1n) is 6.04. The Bertz CT molecular complexity index is 382. The molecule has 0 saturated heterocycles. The highest BCUT2D eigenvalue weighted by atomic mass is 16.5. The van der Waals surface area contributed by atoms with Gasteiger partial charge in [0.15, 0.2) is 6.61 Å². The maximum Gasteiger partial charge on any atom is 0.260 e. The molecule has 0 aliphatic rings. The summed E-state index contributed by atoms with van der Waals surface area (Å²) < 4.78 is 5.38. The first-order chi connectivity index (χ1) is 8.67. The summed E-state index contributed by atoms with van der Waals surface area (Å²) in [5.74, 6) is 0.495. The van der Waals surface area contributed by atoms with E-state index in [0.717, 1.165) is 0 Å². The van der Waals surface area contributed by atoms with E-state index in [0.29, 0.717) is 30.9 Å². The van der Waals surface area contributed by atoms with Crippen molar-refractivity contribution in [3.63, 3.8) is 0 Å². The highest BCUT2D eigenvalue weighted by Gasteiger charge is 2.11. The van der Waals surface area contributed by atoms with Gasteiger partial charge in [-0.05, 0) is 25.5 Å². The number of likely N-dealkylation sites (N-methyl/N-ethyl adjacent to an activating group) is 1. The number of carbonyl (C=O) groups excluding carboxylic acids is 1. The van der Waals surface area contributed by atoms with Crippen LogP contribution in [0.4, 0.5) is 5.69 Å². The van der Waals surface area contributed by atoms with Gasteiger partial charge in [-0.2, -0.15) is 0 Å². The Kier molecular flexibility index (Phi) is 6.00. The number of rotatable bonds is 7. The molecule has 1 aromatic carbocycles. The smallest absolute Gasteiger partial charge is 0.260 e. The predicted molar refractivity (Wildman–Crippen MR) is 70.3 cm³/mol. The minimum absolute atomic E-state index is 0.0112. The lowest BCUT2D eigenvalue weighted by Crippen LogP contribution is -2.35. The number of hydrogen-bond acceptors (Lipinski definition) is 4. The van der Waals surface area contributed by atoms with Crippen LogP contribution < -0.4 is 10.5 Å². The van der Waals surface area contributed by atoms with E-state index in [9.17, 15) is 4.79 Å². The van der Waals surface area contributed by atoms with E-state index < -0.39 is 0 Å². The molecule has 5 nitrogen and oxygen atoms in total. The number of carbonyl (C=O) groups is 1. The zero-order chi connectivity index (χ0) is 13.4. The van der Waals surface area contributed by atoms with Gasteiger partial charge in [0, 0.05) is 31.5 Å². The minimum Gasteiger partial charge on any atom is -0.484 e. The van der Waals surface area contributed by atoms with Crippen molar-refractivity contribution >= 4 is 11.6 Å². The van der Waals surface area contributed by atoms with Gasteiger partial charge in [-0.15, -0.1) is 0 Å². The molecule has 5 heteroatoms. The summed E-state index contributed by atoms with van der Waals surface area (Å²) in [5.41, 5.74) is 6.22. The van der Waals surface area contributed by atoms with Crippen molar-refractivity contribution in [2.24, 2.45) is 0 Å². The van der Waals surface area contributed by atoms with Crippen molar-refractivity contribution in [3.05, 3.63) is 24.3 Å². The molecule has 1 rings (SSSR count). The van der Waals surface area contributed by atoms with Crippen LogP contribution in [0.1, 0.15) is 13.3 Å². The number of aliphatic hydroxyl groups is 1. The Hall–Kier alpha value is -1.75. The monoisotopic (exact) mass is 252 g/mol. The lowest BCUT2D eigenvalue weighted by Gasteiger charge is -2.20. The van der Waals surface area contributed by atoms with Crippen molar-refractivity contribution in [3.8, 4) is 5.75 Å². The maximum atomic E-state index is 11.8. The third-order valence-corrected chi connectivity index (χ3v) is 2.54. The van der Waals surface area contributed by atoms with Crippen molar-refractivity contribution < 1.29 is 14.6 Å². The summed E-state index contributed by atoms with van der Waals surface area (Å²) in [6.45, 7) is 3.13. The number of benzene rings is 1. The quantitative estimate of drug-likeness (QED) is 0.706. The summed E-state index contributed by atoms with van der Waals surface area (Å²) in [6.07, 6.45) is 0.581. The molecular formula is C13H20N2O3. The number of amides is 1. The van der Waals surface area contributed by atoms with Gasteiger partial charge >= 0.3 is 0 Å². The predicted octanol–water partition coefficient (Wildman–Crippen LogP) is 0.878. The highest BCUT2D eigenvalue weighted by Crippen LogP contribution is 2.14. The number of anilines is 1. The SMILES string of the molecule is CCN(CCCO)C(=O)COc1cccc(N)c1. The van der Waals surface area contributed by atoms with Gasteiger partial charge in [0.05, 0.1) is 0 Å². The van der Waals surface area contributed by atoms with E-state index in [1.807, 2.05) is 6.92 Å². The zero-order valence-electron chi connectivity index (χ0n) is 10.6. The lowest BCUT2D eigenvalue weighted by atomic mass is 10.3. The van der Waals surface area contributed by atoms with Crippen molar-refractivity contribution in [1.82, 2.24) is 4.90 Å². The first-order valence-corrected chi connectivity index (χ1v) is 6.04. The molecular weight excluding hydrogens is 232 g/mol. The molecule has 0 heterocycles. The van der Waals surface area contributed by atoms with Gasteiger partial charge in [0.2, 0.25) is 0 Å². The van der Waals surface area contributed by atoms with Crippen molar-refractivity contribution in [1.29, 1.82) is 0 Å². The van der Waals surface area contributed by atoms with Crippen LogP contribution in [-0.2, 0) is 4.79 Å². The largest absolute Gasteiger partial charge is 0.484 e. The minimum atomic E-state index is -0.0895.